The molecule has 0 radical (unpaired) electrons. The fraction of sp³-hybridized carbons (Fsp3) is 0.121. The van der Waals surface area contributed by atoms with Gasteiger partial charge in [-0.25, -0.2) is 4.39 Å². The standard InChI is InChI=1S/C33H22ClFN2O3/c34-22-13-16-26-21(18-22)12-17-27-33(24-8-4-5-9-25(24)36-32(33)40)28(30(38)20-10-14-23(35)15-11-20)29(37(26)27)31(39)19-6-2-1-3-7-19/h1-18,27-29H,(H,36,40)/t27-,28+,29+,33-/m1/s1. The SMILES string of the molecule is O=C(c1ccccc1)[C@@H]1[C@@H](C(=O)c2ccc(F)cc2)[C@]2(C(=O)Nc3ccccc32)[C@H]2C=Cc3cc(Cl)ccc3N12. The summed E-state index contributed by atoms with van der Waals surface area (Å²) in [5.41, 5.74) is 1.98. The van der Waals surface area contributed by atoms with E-state index in [1.165, 1.54) is 24.3 Å². The van der Waals surface area contributed by atoms with Gasteiger partial charge in [0, 0.05) is 27.5 Å². The molecule has 196 valence electrons. The van der Waals surface area contributed by atoms with Crippen molar-refractivity contribution in [3.8, 4) is 0 Å². The van der Waals surface area contributed by atoms with Crippen LogP contribution in [0.3, 0.4) is 0 Å². The number of nitrogens with zero attached hydrogens (tertiary/aromatic N) is 1. The summed E-state index contributed by atoms with van der Waals surface area (Å²) in [6, 6.07) is 25.0. The van der Waals surface area contributed by atoms with E-state index in [0.717, 1.165) is 5.56 Å². The third-order valence-corrected chi connectivity index (χ3v) is 8.57. The Hall–Kier alpha value is -4.55. The van der Waals surface area contributed by atoms with Gasteiger partial charge in [0.25, 0.3) is 0 Å². The second-order valence-corrected chi connectivity index (χ2v) is 10.7. The van der Waals surface area contributed by atoms with Crippen molar-refractivity contribution < 1.29 is 18.8 Å². The summed E-state index contributed by atoms with van der Waals surface area (Å²) >= 11 is 6.33. The number of Topliss-reactive ketones (excluding diaryl/α,β-unsaturated/α-hetero) is 2. The Balaban J connectivity index is 1.54. The maximum absolute atomic E-state index is 14.6. The van der Waals surface area contributed by atoms with Gasteiger partial charge in [-0.15, -0.1) is 0 Å². The van der Waals surface area contributed by atoms with Gasteiger partial charge < -0.3 is 10.2 Å². The molecule has 1 fully saturated rings. The fourth-order valence-electron chi connectivity index (χ4n) is 6.72. The van der Waals surface area contributed by atoms with Gasteiger partial charge in [0.05, 0.1) is 12.0 Å². The van der Waals surface area contributed by atoms with Gasteiger partial charge in [0.2, 0.25) is 5.91 Å². The minimum Gasteiger partial charge on any atom is -0.352 e. The van der Waals surface area contributed by atoms with E-state index >= 15 is 0 Å². The monoisotopic (exact) mass is 548 g/mol. The number of ketones is 2. The lowest BCUT2D eigenvalue weighted by Gasteiger charge is -2.37. The van der Waals surface area contributed by atoms with E-state index in [1.54, 1.807) is 42.5 Å². The Morgan fingerprint density at radius 3 is 2.33 bits per heavy atom. The largest absolute Gasteiger partial charge is 0.352 e. The van der Waals surface area contributed by atoms with Crippen molar-refractivity contribution >= 4 is 46.5 Å². The molecule has 1 amide bonds. The predicted octanol–water partition coefficient (Wildman–Crippen LogP) is 6.34. The van der Waals surface area contributed by atoms with Crippen LogP contribution in [0.4, 0.5) is 15.8 Å². The summed E-state index contributed by atoms with van der Waals surface area (Å²) in [6.07, 6.45) is 3.79. The van der Waals surface area contributed by atoms with E-state index in [4.69, 9.17) is 11.6 Å². The number of rotatable bonds is 4. The highest BCUT2D eigenvalue weighted by atomic mass is 35.5. The Morgan fingerprint density at radius 1 is 0.850 bits per heavy atom. The first kappa shape index (κ1) is 24.5. The minimum atomic E-state index is -1.43. The van der Waals surface area contributed by atoms with Gasteiger partial charge in [-0.05, 0) is 59.7 Å². The Labute approximate surface area is 234 Å². The molecule has 0 saturated carbocycles. The number of hydrogen-bond acceptors (Lipinski definition) is 4. The predicted molar refractivity (Wildman–Crippen MR) is 152 cm³/mol. The molecule has 5 nitrogen and oxygen atoms in total. The van der Waals surface area contributed by atoms with Crippen LogP contribution in [-0.4, -0.2) is 29.6 Å². The number of para-hydroxylation sites is 1. The Morgan fingerprint density at radius 2 is 1.55 bits per heavy atom. The number of hydrogen-bond donors (Lipinski definition) is 1. The number of nitrogens with one attached hydrogen (secondary N) is 1. The van der Waals surface area contributed by atoms with Gasteiger partial charge in [0.1, 0.15) is 17.3 Å². The summed E-state index contributed by atoms with van der Waals surface area (Å²) in [7, 11) is 0. The van der Waals surface area contributed by atoms with Gasteiger partial charge in [-0.1, -0.05) is 72.3 Å². The summed E-state index contributed by atoms with van der Waals surface area (Å²) in [6.45, 7) is 0. The number of anilines is 2. The topological polar surface area (TPSA) is 66.5 Å². The van der Waals surface area contributed by atoms with Gasteiger partial charge in [-0.2, -0.15) is 0 Å². The summed E-state index contributed by atoms with van der Waals surface area (Å²) in [4.78, 5) is 45.3. The van der Waals surface area contributed by atoms with Crippen molar-refractivity contribution in [1.82, 2.24) is 0 Å². The number of fused-ring (bicyclic) bond motifs is 6. The summed E-state index contributed by atoms with van der Waals surface area (Å²) < 4.78 is 13.9. The van der Waals surface area contributed by atoms with E-state index in [1.807, 2.05) is 47.4 Å². The molecule has 1 N–H and O–H groups in total. The smallest absolute Gasteiger partial charge is 0.238 e. The highest BCUT2D eigenvalue weighted by Gasteiger charge is 2.70. The lowest BCUT2D eigenvalue weighted by atomic mass is 9.64. The number of halogens is 2. The molecule has 3 aliphatic heterocycles. The summed E-state index contributed by atoms with van der Waals surface area (Å²) in [5, 5.41) is 3.53. The first-order valence-electron chi connectivity index (χ1n) is 13.0. The highest BCUT2D eigenvalue weighted by molar-refractivity contribution is 6.31. The minimum absolute atomic E-state index is 0.231. The second kappa shape index (κ2) is 9.00. The van der Waals surface area contributed by atoms with E-state index < -0.39 is 35.0 Å². The molecular weight excluding hydrogens is 527 g/mol. The molecular formula is C33H22ClFN2O3. The van der Waals surface area contributed by atoms with Crippen LogP contribution >= 0.6 is 11.6 Å². The third kappa shape index (κ3) is 3.36. The molecule has 0 unspecified atom stereocenters. The molecule has 0 aliphatic carbocycles. The van der Waals surface area contributed by atoms with E-state index in [-0.39, 0.29) is 17.3 Å². The van der Waals surface area contributed by atoms with Crippen molar-refractivity contribution in [1.29, 1.82) is 0 Å². The zero-order valence-electron chi connectivity index (χ0n) is 21.1. The molecule has 0 bridgehead atoms. The zero-order chi connectivity index (χ0) is 27.6. The number of carbonyl (C=O) groups excluding carboxylic acids is 3. The Bertz CT molecular complexity index is 1740. The fourth-order valence-corrected chi connectivity index (χ4v) is 6.90. The normalized spacial score (nSPS) is 23.9. The molecule has 1 saturated heterocycles. The molecule has 4 aromatic rings. The molecule has 0 aromatic heterocycles. The van der Waals surface area contributed by atoms with Crippen LogP contribution in [0.5, 0.6) is 0 Å². The van der Waals surface area contributed by atoms with Gasteiger partial charge in [0.15, 0.2) is 11.6 Å². The van der Waals surface area contributed by atoms with Crippen LogP contribution in [-0.2, 0) is 10.2 Å². The molecule has 7 rings (SSSR count). The quantitative estimate of drug-likeness (QED) is 0.302. The first-order valence-corrected chi connectivity index (χ1v) is 13.3. The van der Waals surface area contributed by atoms with Gasteiger partial charge in [-0.3, -0.25) is 14.4 Å². The lowest BCUT2D eigenvalue weighted by Crippen LogP contribution is -2.51. The summed E-state index contributed by atoms with van der Waals surface area (Å²) in [5.74, 6) is -2.64. The first-order chi connectivity index (χ1) is 19.4. The van der Waals surface area contributed by atoms with Crippen LogP contribution in [0.1, 0.15) is 31.8 Å². The van der Waals surface area contributed by atoms with Crippen LogP contribution in [0.25, 0.3) is 6.08 Å². The second-order valence-electron chi connectivity index (χ2n) is 10.3. The maximum atomic E-state index is 14.6. The van der Waals surface area contributed by atoms with Crippen LogP contribution < -0.4 is 10.2 Å². The molecule has 40 heavy (non-hydrogen) atoms. The van der Waals surface area contributed by atoms with Crippen LogP contribution in [0, 0.1) is 11.7 Å². The van der Waals surface area contributed by atoms with Crippen molar-refractivity contribution in [2.75, 3.05) is 10.2 Å². The number of carbonyl (C=O) groups is 3. The Kier molecular flexibility index (Phi) is 5.51. The average molecular weight is 549 g/mol. The van der Waals surface area contributed by atoms with Crippen molar-refractivity contribution in [2.24, 2.45) is 5.92 Å². The molecule has 3 heterocycles. The van der Waals surface area contributed by atoms with Crippen molar-refractivity contribution in [3.63, 3.8) is 0 Å². The maximum Gasteiger partial charge on any atom is 0.238 e. The molecule has 1 spiro atoms. The average Bonchev–Trinajstić information content (AvgIpc) is 3.45. The molecule has 7 heteroatoms. The van der Waals surface area contributed by atoms with Crippen molar-refractivity contribution in [2.45, 2.75) is 17.5 Å². The zero-order valence-corrected chi connectivity index (χ0v) is 21.8. The van der Waals surface area contributed by atoms with E-state index in [9.17, 15) is 18.8 Å². The molecule has 4 atom stereocenters. The lowest BCUT2D eigenvalue weighted by molar-refractivity contribution is -0.121. The van der Waals surface area contributed by atoms with E-state index in [0.29, 0.717) is 27.5 Å². The van der Waals surface area contributed by atoms with Gasteiger partial charge >= 0.3 is 0 Å². The van der Waals surface area contributed by atoms with Crippen LogP contribution in [0.15, 0.2) is 103 Å². The van der Waals surface area contributed by atoms with E-state index in [2.05, 4.69) is 5.32 Å². The molecule has 4 aromatic carbocycles. The highest BCUT2D eigenvalue weighted by Crippen LogP contribution is 2.58. The molecule has 3 aliphatic rings. The number of amides is 1. The third-order valence-electron chi connectivity index (χ3n) is 8.33. The number of benzene rings is 4. The van der Waals surface area contributed by atoms with Crippen molar-refractivity contribution in [3.05, 3.63) is 136 Å². The van der Waals surface area contributed by atoms with Crippen LogP contribution in [0.2, 0.25) is 5.02 Å².